The van der Waals surface area contributed by atoms with Gasteiger partial charge in [-0.05, 0) is 6.92 Å². The van der Waals surface area contributed by atoms with Crippen molar-refractivity contribution >= 4 is 11.6 Å². The first-order valence-corrected chi connectivity index (χ1v) is 1.45. The van der Waals surface area contributed by atoms with E-state index < -0.39 is 5.63 Å². The quantitative estimate of drug-likeness (QED) is 0.389. The Kier molecular flexibility index (Phi) is 1.61. The van der Waals surface area contributed by atoms with Gasteiger partial charge in [-0.1, -0.05) is 11.6 Å². The lowest BCUT2D eigenvalue weighted by Gasteiger charge is -1.71. The first-order chi connectivity index (χ1) is 1.73. The number of hydrogen-bond donors (Lipinski definition) is 0. The summed E-state index contributed by atoms with van der Waals surface area (Å²) >= 11 is 4.61. The van der Waals surface area contributed by atoms with Gasteiger partial charge in [-0.2, -0.15) is 0 Å². The molecule has 0 saturated carbocycles. The highest BCUT2D eigenvalue weighted by Crippen LogP contribution is 1.89. The lowest BCUT2D eigenvalue weighted by atomic mass is 10.9. The molecule has 0 aliphatic heterocycles. The normalized spacial score (nSPS) is 15.8. The molecule has 0 bridgehead atoms. The summed E-state index contributed by atoms with van der Waals surface area (Å²) in [6, 6.07) is 0. The van der Waals surface area contributed by atoms with Crippen molar-refractivity contribution in [1.82, 2.24) is 0 Å². The third-order valence-electron chi connectivity index (χ3n) is 0. The van der Waals surface area contributed by atoms with Crippen LogP contribution < -0.4 is 0 Å². The second-order valence-corrected chi connectivity index (χ2v) is 1.12. The van der Waals surface area contributed by atoms with E-state index in [2.05, 4.69) is 11.6 Å². The Hall–Kier alpha value is 0.220. The topological polar surface area (TPSA) is 0 Å². The SMILES string of the molecule is CC(F)Cl. The fourth-order valence-electron chi connectivity index (χ4n) is 0. The molecule has 0 aliphatic rings. The Morgan fingerprint density at radius 3 is 2.00 bits per heavy atom. The maximum absolute atomic E-state index is 10.8. The predicted molar refractivity (Wildman–Crippen MR) is 16.4 cm³/mol. The first-order valence-electron chi connectivity index (χ1n) is 1.01. The first kappa shape index (κ1) is 4.22. The molecule has 0 aromatic rings. The van der Waals surface area contributed by atoms with E-state index >= 15 is 0 Å². The van der Waals surface area contributed by atoms with Crippen LogP contribution in [0, 0.1) is 0 Å². The van der Waals surface area contributed by atoms with E-state index in [4.69, 9.17) is 0 Å². The molecule has 0 fully saturated rings. The minimum absolute atomic E-state index is 1.19. The van der Waals surface area contributed by atoms with Crippen molar-refractivity contribution in [1.29, 1.82) is 0 Å². The molecule has 0 amide bonds. The summed E-state index contributed by atoms with van der Waals surface area (Å²) in [5.74, 6) is 0. The molecule has 0 heterocycles. The highest BCUT2D eigenvalue weighted by molar-refractivity contribution is 6.19. The van der Waals surface area contributed by atoms with Gasteiger partial charge in [-0.25, -0.2) is 4.39 Å². The molecular formula is C2H4ClF. The van der Waals surface area contributed by atoms with Crippen LogP contribution in [-0.4, -0.2) is 5.63 Å². The number of hydrogen-bond acceptors (Lipinski definition) is 0. The van der Waals surface area contributed by atoms with Crippen LogP contribution in [0.4, 0.5) is 4.39 Å². The molecule has 0 N–H and O–H groups in total. The molecule has 4 heavy (non-hydrogen) atoms. The van der Waals surface area contributed by atoms with Gasteiger partial charge in [-0.3, -0.25) is 0 Å². The standard InChI is InChI=1S/C2H4ClF/c1-2(3)4/h2H,1H3. The molecule has 0 radical (unpaired) electrons. The molecule has 0 rings (SSSR count). The maximum atomic E-state index is 10.8. The van der Waals surface area contributed by atoms with Crippen LogP contribution in [0.5, 0.6) is 0 Å². The Bertz CT molecular complexity index is 10.8. The zero-order chi connectivity index (χ0) is 3.58. The zero-order valence-electron chi connectivity index (χ0n) is 2.33. The van der Waals surface area contributed by atoms with Crippen LogP contribution >= 0.6 is 11.6 Å². The van der Waals surface area contributed by atoms with E-state index in [1.165, 1.54) is 6.92 Å². The summed E-state index contributed by atoms with van der Waals surface area (Å²) in [5, 5.41) is 0. The summed E-state index contributed by atoms with van der Waals surface area (Å²) in [5.41, 5.74) is -1.19. The van der Waals surface area contributed by atoms with Crippen LogP contribution in [0.15, 0.2) is 0 Å². The molecule has 0 aliphatic carbocycles. The molecule has 0 nitrogen and oxygen atoms in total. The van der Waals surface area contributed by atoms with Crippen LogP contribution in [0.2, 0.25) is 0 Å². The average molecular weight is 82.5 g/mol. The van der Waals surface area contributed by atoms with E-state index in [9.17, 15) is 4.39 Å². The van der Waals surface area contributed by atoms with Crippen molar-refractivity contribution in [3.05, 3.63) is 0 Å². The monoisotopic (exact) mass is 82.0 g/mol. The summed E-state index contributed by atoms with van der Waals surface area (Å²) in [7, 11) is 0. The highest BCUT2D eigenvalue weighted by atomic mass is 35.5. The number of rotatable bonds is 0. The molecular weight excluding hydrogens is 78.5 g/mol. The third kappa shape index (κ3) is 68.3. The van der Waals surface area contributed by atoms with Crippen molar-refractivity contribution < 1.29 is 4.39 Å². The van der Waals surface area contributed by atoms with E-state index in [-0.39, 0.29) is 0 Å². The maximum Gasteiger partial charge on any atom is 0.170 e. The summed E-state index contributed by atoms with van der Waals surface area (Å²) in [6.45, 7) is 1.27. The van der Waals surface area contributed by atoms with Gasteiger partial charge in [0.2, 0.25) is 0 Å². The van der Waals surface area contributed by atoms with E-state index in [0.29, 0.717) is 0 Å². The zero-order valence-corrected chi connectivity index (χ0v) is 3.09. The lowest BCUT2D eigenvalue weighted by molar-refractivity contribution is 0.475. The number of halogens is 2. The van der Waals surface area contributed by atoms with Gasteiger partial charge in [0.1, 0.15) is 0 Å². The second kappa shape index (κ2) is 1.53. The predicted octanol–water partition coefficient (Wildman–Crippen LogP) is 1.54. The van der Waals surface area contributed by atoms with Gasteiger partial charge in [0.05, 0.1) is 0 Å². The largest absolute Gasteiger partial charge is 0.230 e. The number of alkyl halides is 2. The van der Waals surface area contributed by atoms with Gasteiger partial charge < -0.3 is 0 Å². The lowest BCUT2D eigenvalue weighted by Crippen LogP contribution is -1.66. The highest BCUT2D eigenvalue weighted by Gasteiger charge is 1.77. The Morgan fingerprint density at radius 2 is 2.00 bits per heavy atom. The smallest absolute Gasteiger partial charge is 0.170 e. The molecule has 0 aromatic heterocycles. The van der Waals surface area contributed by atoms with Gasteiger partial charge in [0.15, 0.2) is 5.63 Å². The Morgan fingerprint density at radius 1 is 2.00 bits per heavy atom. The minimum Gasteiger partial charge on any atom is -0.230 e. The van der Waals surface area contributed by atoms with Gasteiger partial charge in [-0.15, -0.1) is 0 Å². The van der Waals surface area contributed by atoms with Crippen LogP contribution in [0.25, 0.3) is 0 Å². The molecule has 1 atom stereocenters. The second-order valence-electron chi connectivity index (χ2n) is 0.519. The fourth-order valence-corrected chi connectivity index (χ4v) is 0. The summed E-state index contributed by atoms with van der Waals surface area (Å²) < 4.78 is 10.8. The van der Waals surface area contributed by atoms with E-state index in [1.54, 1.807) is 0 Å². The molecule has 1 unspecified atom stereocenters. The van der Waals surface area contributed by atoms with Crippen molar-refractivity contribution in [3.63, 3.8) is 0 Å². The van der Waals surface area contributed by atoms with Crippen molar-refractivity contribution in [2.45, 2.75) is 12.6 Å². The van der Waals surface area contributed by atoms with Gasteiger partial charge in [0.25, 0.3) is 0 Å². The van der Waals surface area contributed by atoms with Crippen LogP contribution in [0.1, 0.15) is 6.92 Å². The molecule has 26 valence electrons. The van der Waals surface area contributed by atoms with E-state index in [0.717, 1.165) is 0 Å². The molecule has 2 heteroatoms. The summed E-state index contributed by atoms with van der Waals surface area (Å²) in [6.07, 6.45) is 0. The average Bonchev–Trinajstić information content (AvgIpc) is 0.811. The molecule has 0 aromatic carbocycles. The van der Waals surface area contributed by atoms with Crippen molar-refractivity contribution in [3.8, 4) is 0 Å². The van der Waals surface area contributed by atoms with Gasteiger partial charge in [0, 0.05) is 0 Å². The van der Waals surface area contributed by atoms with Crippen LogP contribution in [-0.2, 0) is 0 Å². The van der Waals surface area contributed by atoms with Crippen LogP contribution in [0.3, 0.4) is 0 Å². The van der Waals surface area contributed by atoms with E-state index in [1.807, 2.05) is 0 Å². The Balaban J connectivity index is 2.32. The third-order valence-corrected chi connectivity index (χ3v) is 0. The molecule has 0 saturated heterocycles. The summed E-state index contributed by atoms with van der Waals surface area (Å²) in [4.78, 5) is 0. The van der Waals surface area contributed by atoms with Gasteiger partial charge >= 0.3 is 0 Å². The Labute approximate surface area is 29.6 Å². The fraction of sp³-hybridized carbons (Fsp3) is 1.00. The van der Waals surface area contributed by atoms with Crippen molar-refractivity contribution in [2.24, 2.45) is 0 Å². The van der Waals surface area contributed by atoms with Crippen molar-refractivity contribution in [2.75, 3.05) is 0 Å². The minimum atomic E-state index is -1.19. The molecule has 0 spiro atoms.